The van der Waals surface area contributed by atoms with Crippen LogP contribution in [0.5, 0.6) is 0 Å². The highest BCUT2D eigenvalue weighted by Crippen LogP contribution is 2.22. The normalized spacial score (nSPS) is 12.9. The fourth-order valence-corrected chi connectivity index (χ4v) is 2.16. The van der Waals surface area contributed by atoms with Crippen molar-refractivity contribution >= 4 is 32.7 Å². The summed E-state index contributed by atoms with van der Waals surface area (Å²) < 4.78 is 0.869. The van der Waals surface area contributed by atoms with Crippen LogP contribution in [0, 0.1) is 16.7 Å². The molecule has 1 unspecified atom stereocenters. The van der Waals surface area contributed by atoms with E-state index in [-0.39, 0.29) is 11.3 Å². The molecule has 1 amide bonds. The Labute approximate surface area is 125 Å². The van der Waals surface area contributed by atoms with E-state index in [2.05, 4.69) is 37.5 Å². The minimum Gasteiger partial charge on any atom is -0.334 e. The van der Waals surface area contributed by atoms with Gasteiger partial charge in [0.05, 0.1) is 11.6 Å². The standard InChI is InChI=1S/C14H15BrN4O/c1-14(2,3)11(7-16)17-13(20)12-9-6-8(15)4-5-10(9)18-19-12/h4-6,11H,1-3H3,(H,17,20)(H,18,19). The Morgan fingerprint density at radius 3 is 2.80 bits per heavy atom. The van der Waals surface area contributed by atoms with E-state index in [0.29, 0.717) is 5.69 Å². The van der Waals surface area contributed by atoms with E-state index >= 15 is 0 Å². The van der Waals surface area contributed by atoms with Crippen LogP contribution in [0.4, 0.5) is 0 Å². The first kappa shape index (κ1) is 14.5. The molecule has 1 aromatic carbocycles. The molecule has 0 fully saturated rings. The number of amides is 1. The minimum atomic E-state index is -0.575. The average Bonchev–Trinajstić information content (AvgIpc) is 2.77. The van der Waals surface area contributed by atoms with Crippen molar-refractivity contribution in [2.45, 2.75) is 26.8 Å². The second-order valence-electron chi connectivity index (χ2n) is 5.66. The molecule has 6 heteroatoms. The van der Waals surface area contributed by atoms with Crippen molar-refractivity contribution in [2.24, 2.45) is 5.41 Å². The number of benzene rings is 1. The summed E-state index contributed by atoms with van der Waals surface area (Å²) in [5, 5.41) is 19.5. The van der Waals surface area contributed by atoms with Gasteiger partial charge in [0.2, 0.25) is 0 Å². The number of aromatic amines is 1. The number of nitrogens with one attached hydrogen (secondary N) is 2. The van der Waals surface area contributed by atoms with Crippen molar-refractivity contribution in [2.75, 3.05) is 0 Å². The molecule has 0 aliphatic carbocycles. The molecule has 0 radical (unpaired) electrons. The van der Waals surface area contributed by atoms with Crippen LogP contribution in [0.3, 0.4) is 0 Å². The van der Waals surface area contributed by atoms with Crippen LogP contribution in [0.25, 0.3) is 10.9 Å². The number of rotatable bonds is 2. The highest BCUT2D eigenvalue weighted by atomic mass is 79.9. The van der Waals surface area contributed by atoms with Crippen molar-refractivity contribution in [3.8, 4) is 6.07 Å². The number of nitriles is 1. The highest BCUT2D eigenvalue weighted by Gasteiger charge is 2.27. The second-order valence-corrected chi connectivity index (χ2v) is 6.58. The molecular formula is C14H15BrN4O. The number of aromatic nitrogens is 2. The topological polar surface area (TPSA) is 81.6 Å². The summed E-state index contributed by atoms with van der Waals surface area (Å²) in [5.41, 5.74) is 0.741. The number of hydrogen-bond donors (Lipinski definition) is 2. The smallest absolute Gasteiger partial charge is 0.273 e. The van der Waals surface area contributed by atoms with Crippen molar-refractivity contribution in [1.29, 1.82) is 5.26 Å². The Bertz CT molecular complexity index is 693. The van der Waals surface area contributed by atoms with Crippen molar-refractivity contribution in [3.63, 3.8) is 0 Å². The Morgan fingerprint density at radius 2 is 2.20 bits per heavy atom. The van der Waals surface area contributed by atoms with E-state index in [1.54, 1.807) is 0 Å². The summed E-state index contributed by atoms with van der Waals surface area (Å²) in [6, 6.07) is 7.08. The van der Waals surface area contributed by atoms with Gasteiger partial charge < -0.3 is 5.32 Å². The van der Waals surface area contributed by atoms with E-state index in [4.69, 9.17) is 5.26 Å². The summed E-state index contributed by atoms with van der Waals surface area (Å²) >= 11 is 3.37. The van der Waals surface area contributed by atoms with Gasteiger partial charge in [0.1, 0.15) is 6.04 Å². The molecule has 2 rings (SSSR count). The third kappa shape index (κ3) is 2.83. The monoisotopic (exact) mass is 334 g/mol. The molecule has 0 saturated carbocycles. The van der Waals surface area contributed by atoms with Crippen molar-refractivity contribution in [1.82, 2.24) is 15.5 Å². The number of H-pyrrole nitrogens is 1. The van der Waals surface area contributed by atoms with Gasteiger partial charge in [-0.3, -0.25) is 9.89 Å². The Morgan fingerprint density at radius 1 is 1.50 bits per heavy atom. The van der Waals surface area contributed by atoms with Gasteiger partial charge in [0, 0.05) is 9.86 Å². The molecule has 0 aliphatic rings. The number of carbonyl (C=O) groups is 1. The van der Waals surface area contributed by atoms with Gasteiger partial charge in [-0.05, 0) is 23.6 Å². The van der Waals surface area contributed by atoms with Gasteiger partial charge >= 0.3 is 0 Å². The predicted molar refractivity (Wildman–Crippen MR) is 80.1 cm³/mol. The van der Waals surface area contributed by atoms with E-state index < -0.39 is 6.04 Å². The summed E-state index contributed by atoms with van der Waals surface area (Å²) in [7, 11) is 0. The fourth-order valence-electron chi connectivity index (χ4n) is 1.80. The Kier molecular flexibility index (Phi) is 3.82. The molecule has 1 aromatic heterocycles. The lowest BCUT2D eigenvalue weighted by Crippen LogP contribution is -2.42. The molecule has 0 spiro atoms. The first-order chi connectivity index (χ1) is 9.32. The Balaban J connectivity index is 2.33. The summed E-state index contributed by atoms with van der Waals surface area (Å²) in [6.07, 6.45) is 0. The van der Waals surface area contributed by atoms with Crippen LogP contribution in [0.2, 0.25) is 0 Å². The van der Waals surface area contributed by atoms with Crippen molar-refractivity contribution < 1.29 is 4.79 Å². The quantitative estimate of drug-likeness (QED) is 0.885. The van der Waals surface area contributed by atoms with Crippen LogP contribution in [-0.4, -0.2) is 22.1 Å². The van der Waals surface area contributed by atoms with E-state index in [1.165, 1.54) is 0 Å². The SMILES string of the molecule is CC(C)(C)C(C#N)NC(=O)c1n[nH]c2ccc(Br)cc12. The lowest BCUT2D eigenvalue weighted by atomic mass is 9.87. The molecule has 0 bridgehead atoms. The maximum atomic E-state index is 12.3. The van der Waals surface area contributed by atoms with Gasteiger partial charge in [0.25, 0.3) is 5.91 Å². The van der Waals surface area contributed by atoms with E-state index in [9.17, 15) is 4.79 Å². The fraction of sp³-hybridized carbons (Fsp3) is 0.357. The van der Waals surface area contributed by atoms with E-state index in [1.807, 2.05) is 39.0 Å². The predicted octanol–water partition coefficient (Wildman–Crippen LogP) is 2.99. The van der Waals surface area contributed by atoms with Crippen LogP contribution >= 0.6 is 15.9 Å². The molecule has 2 N–H and O–H groups in total. The second kappa shape index (κ2) is 5.25. The first-order valence-corrected chi connectivity index (χ1v) is 6.96. The summed E-state index contributed by atoms with van der Waals surface area (Å²) in [4.78, 5) is 12.3. The number of halogens is 1. The zero-order chi connectivity index (χ0) is 14.9. The molecule has 5 nitrogen and oxygen atoms in total. The van der Waals surface area contributed by atoms with E-state index in [0.717, 1.165) is 15.4 Å². The maximum Gasteiger partial charge on any atom is 0.273 e. The van der Waals surface area contributed by atoms with Gasteiger partial charge in [-0.2, -0.15) is 10.4 Å². The van der Waals surface area contributed by atoms with Gasteiger partial charge in [-0.25, -0.2) is 0 Å². The molecule has 0 saturated heterocycles. The van der Waals surface area contributed by atoms with Gasteiger partial charge in [0.15, 0.2) is 5.69 Å². The zero-order valence-corrected chi connectivity index (χ0v) is 13.1. The highest BCUT2D eigenvalue weighted by molar-refractivity contribution is 9.10. The number of fused-ring (bicyclic) bond motifs is 1. The molecule has 104 valence electrons. The molecule has 0 aliphatic heterocycles. The van der Waals surface area contributed by atoms with Crippen LogP contribution in [0.15, 0.2) is 22.7 Å². The average molecular weight is 335 g/mol. The molecule has 2 aromatic rings. The van der Waals surface area contributed by atoms with Crippen LogP contribution in [-0.2, 0) is 0 Å². The Hall–Kier alpha value is -1.87. The maximum absolute atomic E-state index is 12.3. The largest absolute Gasteiger partial charge is 0.334 e. The first-order valence-electron chi connectivity index (χ1n) is 6.17. The third-order valence-electron chi connectivity index (χ3n) is 3.01. The number of carbonyl (C=O) groups excluding carboxylic acids is 1. The summed E-state index contributed by atoms with van der Waals surface area (Å²) in [6.45, 7) is 5.71. The minimum absolute atomic E-state index is 0.297. The van der Waals surface area contributed by atoms with Gasteiger partial charge in [-0.15, -0.1) is 0 Å². The molecular weight excluding hydrogens is 320 g/mol. The van der Waals surface area contributed by atoms with Crippen molar-refractivity contribution in [3.05, 3.63) is 28.4 Å². The number of hydrogen-bond acceptors (Lipinski definition) is 3. The third-order valence-corrected chi connectivity index (χ3v) is 3.50. The number of nitrogens with zero attached hydrogens (tertiary/aromatic N) is 2. The molecule has 1 heterocycles. The zero-order valence-electron chi connectivity index (χ0n) is 11.5. The van der Waals surface area contributed by atoms with Crippen LogP contribution < -0.4 is 5.32 Å². The van der Waals surface area contributed by atoms with Crippen LogP contribution in [0.1, 0.15) is 31.3 Å². The summed E-state index contributed by atoms with van der Waals surface area (Å²) in [5.74, 6) is -0.351. The molecule has 1 atom stereocenters. The lowest BCUT2D eigenvalue weighted by molar-refractivity contribution is 0.0918. The lowest BCUT2D eigenvalue weighted by Gasteiger charge is -2.25. The van der Waals surface area contributed by atoms with Gasteiger partial charge in [-0.1, -0.05) is 36.7 Å². The molecule has 20 heavy (non-hydrogen) atoms.